The van der Waals surface area contributed by atoms with E-state index in [0.717, 1.165) is 22.4 Å². The Bertz CT molecular complexity index is 488. The van der Waals surface area contributed by atoms with E-state index in [9.17, 15) is 4.79 Å². The van der Waals surface area contributed by atoms with Gasteiger partial charge in [-0.1, -0.05) is 6.07 Å². The van der Waals surface area contributed by atoms with Gasteiger partial charge in [0.05, 0.1) is 13.7 Å². The molecule has 2 rings (SSSR count). The van der Waals surface area contributed by atoms with Gasteiger partial charge in [0.1, 0.15) is 11.9 Å². The molecule has 5 heteroatoms. The number of aryl methyl sites for hydroxylation is 2. The molecule has 0 aliphatic carbocycles. The number of nitrogens with two attached hydrogens (primary N) is 1. The number of nitrogens with zero attached hydrogens (tertiary/aromatic N) is 1. The molecule has 19 heavy (non-hydrogen) atoms. The van der Waals surface area contributed by atoms with Crippen molar-refractivity contribution in [1.29, 1.82) is 0 Å². The summed E-state index contributed by atoms with van der Waals surface area (Å²) in [5.41, 5.74) is 8.79. The van der Waals surface area contributed by atoms with Gasteiger partial charge in [-0.15, -0.1) is 0 Å². The first-order valence-electron chi connectivity index (χ1n) is 6.35. The Morgan fingerprint density at radius 1 is 1.42 bits per heavy atom. The van der Waals surface area contributed by atoms with Gasteiger partial charge < -0.3 is 20.1 Å². The minimum atomic E-state index is -0.289. The normalized spacial score (nSPS) is 18.6. The van der Waals surface area contributed by atoms with E-state index in [1.165, 1.54) is 0 Å². The van der Waals surface area contributed by atoms with Crippen molar-refractivity contribution in [2.45, 2.75) is 26.5 Å². The molecule has 2 N–H and O–H groups in total. The smallest absolute Gasteiger partial charge is 0.410 e. The zero-order valence-electron chi connectivity index (χ0n) is 11.6. The molecule has 1 atom stereocenters. The van der Waals surface area contributed by atoms with E-state index < -0.39 is 0 Å². The Morgan fingerprint density at radius 3 is 2.74 bits per heavy atom. The number of carbonyl (C=O) groups is 1. The summed E-state index contributed by atoms with van der Waals surface area (Å²) in [4.78, 5) is 13.4. The molecular formula is C14H20N2O3. The van der Waals surface area contributed by atoms with Gasteiger partial charge in [-0.3, -0.25) is 0 Å². The van der Waals surface area contributed by atoms with E-state index in [1.54, 1.807) is 12.0 Å². The average Bonchev–Trinajstić information content (AvgIpc) is 2.74. The van der Waals surface area contributed by atoms with Crippen LogP contribution in [0.5, 0.6) is 5.75 Å². The van der Waals surface area contributed by atoms with Gasteiger partial charge in [-0.05, 0) is 36.6 Å². The minimum absolute atomic E-state index is 0.188. The highest BCUT2D eigenvalue weighted by molar-refractivity contribution is 5.70. The lowest BCUT2D eigenvalue weighted by Crippen LogP contribution is -2.27. The van der Waals surface area contributed by atoms with E-state index in [1.807, 2.05) is 19.9 Å². The maximum atomic E-state index is 11.7. The number of carbonyl (C=O) groups excluding carboxylic acids is 1. The topological polar surface area (TPSA) is 64.8 Å². The second kappa shape index (κ2) is 5.48. The molecule has 104 valence electrons. The highest BCUT2D eigenvalue weighted by atomic mass is 16.6. The predicted octanol–water partition coefficient (Wildman–Crippen LogP) is 1.59. The van der Waals surface area contributed by atoms with Crippen molar-refractivity contribution in [2.75, 3.05) is 20.2 Å². The molecule has 1 aliphatic rings. The third kappa shape index (κ3) is 2.81. The Labute approximate surface area is 113 Å². The zero-order valence-corrected chi connectivity index (χ0v) is 11.6. The maximum Gasteiger partial charge on any atom is 0.410 e. The van der Waals surface area contributed by atoms with Crippen LogP contribution in [0.25, 0.3) is 0 Å². The van der Waals surface area contributed by atoms with E-state index in [-0.39, 0.29) is 12.2 Å². The SMILES string of the molecule is COc1cc(C)c(CN2CC(CN)OC2=O)cc1C. The summed E-state index contributed by atoms with van der Waals surface area (Å²) in [7, 11) is 1.66. The molecule has 1 saturated heterocycles. The van der Waals surface area contributed by atoms with Crippen LogP contribution in [0.1, 0.15) is 16.7 Å². The third-order valence-electron chi connectivity index (χ3n) is 3.43. The van der Waals surface area contributed by atoms with Crippen LogP contribution < -0.4 is 10.5 Å². The molecule has 5 nitrogen and oxygen atoms in total. The zero-order chi connectivity index (χ0) is 14.0. The van der Waals surface area contributed by atoms with Crippen LogP contribution in [0.15, 0.2) is 12.1 Å². The van der Waals surface area contributed by atoms with E-state index >= 15 is 0 Å². The van der Waals surface area contributed by atoms with Crippen LogP contribution in [-0.2, 0) is 11.3 Å². The third-order valence-corrected chi connectivity index (χ3v) is 3.43. The summed E-state index contributed by atoms with van der Waals surface area (Å²) in [5.74, 6) is 0.866. The molecule has 1 aromatic rings. The van der Waals surface area contributed by atoms with Crippen LogP contribution in [0, 0.1) is 13.8 Å². The number of ether oxygens (including phenoxy) is 2. The Hall–Kier alpha value is -1.75. The second-order valence-electron chi connectivity index (χ2n) is 4.87. The van der Waals surface area contributed by atoms with Crippen molar-refractivity contribution in [3.8, 4) is 5.75 Å². The molecule has 1 aliphatic heterocycles. The number of rotatable bonds is 4. The average molecular weight is 264 g/mol. The Balaban J connectivity index is 2.16. The summed E-state index contributed by atoms with van der Waals surface area (Å²) >= 11 is 0. The fourth-order valence-corrected chi connectivity index (χ4v) is 2.27. The van der Waals surface area contributed by atoms with Gasteiger partial charge in [-0.2, -0.15) is 0 Å². The van der Waals surface area contributed by atoms with Crippen LogP contribution >= 0.6 is 0 Å². The van der Waals surface area contributed by atoms with Gasteiger partial charge in [0.15, 0.2) is 0 Å². The van der Waals surface area contributed by atoms with Crippen molar-refractivity contribution in [3.05, 3.63) is 28.8 Å². The van der Waals surface area contributed by atoms with Gasteiger partial charge in [0, 0.05) is 13.1 Å². The van der Waals surface area contributed by atoms with Crippen LogP contribution in [0.3, 0.4) is 0 Å². The van der Waals surface area contributed by atoms with Gasteiger partial charge in [0.25, 0.3) is 0 Å². The standard InChI is InChI=1S/C14H20N2O3/c1-9-5-13(18-3)10(2)4-11(9)7-16-8-12(6-15)19-14(16)17/h4-5,12H,6-8,15H2,1-3H3. The fraction of sp³-hybridized carbons (Fsp3) is 0.500. The highest BCUT2D eigenvalue weighted by Crippen LogP contribution is 2.24. The number of benzene rings is 1. The van der Waals surface area contributed by atoms with Crippen LogP contribution in [0.4, 0.5) is 4.79 Å². The highest BCUT2D eigenvalue weighted by Gasteiger charge is 2.30. The number of methoxy groups -OCH3 is 1. The van der Waals surface area contributed by atoms with Crippen molar-refractivity contribution in [2.24, 2.45) is 5.73 Å². The second-order valence-corrected chi connectivity index (χ2v) is 4.87. The lowest BCUT2D eigenvalue weighted by molar-refractivity contribution is 0.134. The molecule has 0 radical (unpaired) electrons. The molecule has 0 bridgehead atoms. The summed E-state index contributed by atoms with van der Waals surface area (Å²) in [6.07, 6.45) is -0.476. The predicted molar refractivity (Wildman–Crippen MR) is 72.2 cm³/mol. The lowest BCUT2D eigenvalue weighted by atomic mass is 10.0. The Morgan fingerprint density at radius 2 is 2.16 bits per heavy atom. The van der Waals surface area contributed by atoms with E-state index in [4.69, 9.17) is 15.2 Å². The summed E-state index contributed by atoms with van der Waals surface area (Å²) in [5, 5.41) is 0. The van der Waals surface area contributed by atoms with Gasteiger partial charge in [-0.25, -0.2) is 4.79 Å². The molecule has 0 spiro atoms. The molecule has 1 amide bonds. The molecular weight excluding hydrogens is 244 g/mol. The largest absolute Gasteiger partial charge is 0.496 e. The minimum Gasteiger partial charge on any atom is -0.496 e. The fourth-order valence-electron chi connectivity index (χ4n) is 2.27. The summed E-state index contributed by atoms with van der Waals surface area (Å²) in [6.45, 7) is 5.47. The lowest BCUT2D eigenvalue weighted by Gasteiger charge is -2.16. The molecule has 0 aromatic heterocycles. The van der Waals surface area contributed by atoms with Crippen molar-refractivity contribution in [1.82, 2.24) is 4.90 Å². The van der Waals surface area contributed by atoms with Crippen molar-refractivity contribution in [3.63, 3.8) is 0 Å². The number of cyclic esters (lactones) is 1. The molecule has 1 fully saturated rings. The number of hydrogen-bond acceptors (Lipinski definition) is 4. The molecule has 1 unspecified atom stereocenters. The molecule has 1 heterocycles. The summed E-state index contributed by atoms with van der Waals surface area (Å²) < 4.78 is 10.4. The first-order valence-corrected chi connectivity index (χ1v) is 6.35. The van der Waals surface area contributed by atoms with Crippen LogP contribution in [-0.4, -0.2) is 37.3 Å². The van der Waals surface area contributed by atoms with E-state index in [2.05, 4.69) is 6.07 Å². The molecule has 0 saturated carbocycles. The first-order chi connectivity index (χ1) is 9.05. The van der Waals surface area contributed by atoms with Crippen molar-refractivity contribution < 1.29 is 14.3 Å². The quantitative estimate of drug-likeness (QED) is 0.897. The molecule has 1 aromatic carbocycles. The number of amides is 1. The van der Waals surface area contributed by atoms with Gasteiger partial charge in [0.2, 0.25) is 0 Å². The monoisotopic (exact) mass is 264 g/mol. The van der Waals surface area contributed by atoms with Crippen molar-refractivity contribution >= 4 is 6.09 Å². The summed E-state index contributed by atoms with van der Waals surface area (Å²) in [6, 6.07) is 4.05. The van der Waals surface area contributed by atoms with E-state index in [0.29, 0.717) is 19.6 Å². The van der Waals surface area contributed by atoms with Gasteiger partial charge >= 0.3 is 6.09 Å². The first kappa shape index (κ1) is 13.7. The van der Waals surface area contributed by atoms with Crippen LogP contribution in [0.2, 0.25) is 0 Å². The number of hydrogen-bond donors (Lipinski definition) is 1. The maximum absolute atomic E-state index is 11.7. The Kier molecular flexibility index (Phi) is 3.95.